The first-order chi connectivity index (χ1) is 13.3. The quantitative estimate of drug-likeness (QED) is 0.859. The molecule has 0 radical (unpaired) electrons. The predicted molar refractivity (Wildman–Crippen MR) is 111 cm³/mol. The summed E-state index contributed by atoms with van der Waals surface area (Å²) in [5.41, 5.74) is 1.55. The van der Waals surface area contributed by atoms with E-state index in [1.165, 1.54) is 18.5 Å². The van der Waals surface area contributed by atoms with Crippen LogP contribution in [0.2, 0.25) is 0 Å². The average molecular weight is 389 g/mol. The van der Waals surface area contributed by atoms with Crippen LogP contribution in [-0.2, 0) is 9.53 Å². The number of nitrogens with one attached hydrogen (secondary N) is 1. The minimum absolute atomic E-state index is 0.0281. The van der Waals surface area contributed by atoms with E-state index in [-0.39, 0.29) is 12.0 Å². The van der Waals surface area contributed by atoms with Crippen LogP contribution in [0.4, 0.5) is 16.2 Å². The van der Waals surface area contributed by atoms with Crippen molar-refractivity contribution < 1.29 is 14.3 Å². The normalized spacial score (nSPS) is 18.2. The minimum atomic E-state index is -0.488. The summed E-state index contributed by atoms with van der Waals surface area (Å²) in [7, 11) is 0. The molecule has 2 amide bonds. The highest BCUT2D eigenvalue weighted by Gasteiger charge is 2.26. The Morgan fingerprint density at radius 1 is 0.964 bits per heavy atom. The Morgan fingerprint density at radius 3 is 2.14 bits per heavy atom. The highest BCUT2D eigenvalue weighted by molar-refractivity contribution is 5.92. The van der Waals surface area contributed by atoms with Crippen molar-refractivity contribution in [2.75, 3.05) is 56.0 Å². The van der Waals surface area contributed by atoms with E-state index in [2.05, 4.69) is 27.2 Å². The number of carbonyl (C=O) groups is 2. The van der Waals surface area contributed by atoms with E-state index >= 15 is 0 Å². The number of carbonyl (C=O) groups excluding carboxylic acids is 2. The first-order valence-electron chi connectivity index (χ1n) is 10.2. The summed E-state index contributed by atoms with van der Waals surface area (Å²) in [5.74, 6) is -0.0281. The number of ether oxygens (including phenoxy) is 1. The Labute approximate surface area is 167 Å². The van der Waals surface area contributed by atoms with E-state index in [9.17, 15) is 9.59 Å². The Kier molecular flexibility index (Phi) is 6.44. The molecule has 2 saturated heterocycles. The largest absolute Gasteiger partial charge is 0.444 e. The van der Waals surface area contributed by atoms with Crippen LogP contribution >= 0.6 is 0 Å². The third-order valence-corrected chi connectivity index (χ3v) is 5.01. The molecule has 1 aromatic carbocycles. The fourth-order valence-corrected chi connectivity index (χ4v) is 3.55. The number of nitrogens with zero attached hydrogens (tertiary/aromatic N) is 3. The first-order valence-corrected chi connectivity index (χ1v) is 10.2. The van der Waals surface area contributed by atoms with Gasteiger partial charge in [-0.05, 0) is 57.9 Å². The van der Waals surface area contributed by atoms with Crippen LogP contribution in [0.15, 0.2) is 24.3 Å². The van der Waals surface area contributed by atoms with Gasteiger partial charge in [-0.15, -0.1) is 0 Å². The highest BCUT2D eigenvalue weighted by atomic mass is 16.6. The molecule has 0 atom stereocenters. The zero-order chi connectivity index (χ0) is 20.1. The maximum Gasteiger partial charge on any atom is 0.410 e. The van der Waals surface area contributed by atoms with E-state index in [1.54, 1.807) is 4.90 Å². The SMILES string of the molecule is CC(C)(C)OC(=O)N1CCN(CC(=O)Nc2ccc(N3CCCC3)cc2)CC1. The van der Waals surface area contributed by atoms with Crippen molar-refractivity contribution in [2.45, 2.75) is 39.2 Å². The van der Waals surface area contributed by atoms with Gasteiger partial charge in [0.2, 0.25) is 5.91 Å². The molecular weight excluding hydrogens is 356 g/mol. The standard InChI is InChI=1S/C21H32N4O3/c1-21(2,3)28-20(27)25-14-12-23(13-15-25)16-19(26)22-17-6-8-18(9-7-17)24-10-4-5-11-24/h6-9H,4-5,10-16H2,1-3H3,(H,22,26). The predicted octanol–water partition coefficient (Wildman–Crippen LogP) is 2.78. The highest BCUT2D eigenvalue weighted by Crippen LogP contribution is 2.22. The summed E-state index contributed by atoms with van der Waals surface area (Å²) >= 11 is 0. The zero-order valence-corrected chi connectivity index (χ0v) is 17.2. The second-order valence-corrected chi connectivity index (χ2v) is 8.53. The third-order valence-electron chi connectivity index (χ3n) is 5.01. The molecule has 1 N–H and O–H groups in total. The van der Waals surface area contributed by atoms with Gasteiger partial charge in [0.25, 0.3) is 0 Å². The van der Waals surface area contributed by atoms with Gasteiger partial charge in [-0.25, -0.2) is 4.79 Å². The van der Waals surface area contributed by atoms with Crippen molar-refractivity contribution in [1.82, 2.24) is 9.80 Å². The van der Waals surface area contributed by atoms with Gasteiger partial charge in [-0.3, -0.25) is 9.69 Å². The van der Waals surface area contributed by atoms with Gasteiger partial charge >= 0.3 is 6.09 Å². The Hall–Kier alpha value is -2.28. The van der Waals surface area contributed by atoms with Gasteiger partial charge < -0.3 is 19.9 Å². The first kappa shape index (κ1) is 20.5. The topological polar surface area (TPSA) is 65.1 Å². The lowest BCUT2D eigenvalue weighted by Crippen LogP contribution is -2.51. The maximum absolute atomic E-state index is 12.4. The summed E-state index contributed by atoms with van der Waals surface area (Å²) in [6.45, 7) is 10.6. The summed E-state index contributed by atoms with van der Waals surface area (Å²) < 4.78 is 5.40. The molecular formula is C21H32N4O3. The van der Waals surface area contributed by atoms with Crippen molar-refractivity contribution in [2.24, 2.45) is 0 Å². The molecule has 1 aromatic rings. The monoisotopic (exact) mass is 388 g/mol. The molecule has 2 aliphatic heterocycles. The lowest BCUT2D eigenvalue weighted by molar-refractivity contribution is -0.117. The molecule has 2 fully saturated rings. The van der Waals surface area contributed by atoms with Crippen LogP contribution in [0.1, 0.15) is 33.6 Å². The van der Waals surface area contributed by atoms with Crippen molar-refractivity contribution in [3.8, 4) is 0 Å². The second-order valence-electron chi connectivity index (χ2n) is 8.53. The van der Waals surface area contributed by atoms with E-state index in [1.807, 2.05) is 32.9 Å². The summed E-state index contributed by atoms with van der Waals surface area (Å²) in [6.07, 6.45) is 2.22. The lowest BCUT2D eigenvalue weighted by Gasteiger charge is -2.35. The van der Waals surface area contributed by atoms with Crippen LogP contribution in [0.3, 0.4) is 0 Å². The minimum Gasteiger partial charge on any atom is -0.444 e. The number of hydrogen-bond donors (Lipinski definition) is 1. The van der Waals surface area contributed by atoms with E-state index in [0.717, 1.165) is 18.8 Å². The smallest absolute Gasteiger partial charge is 0.410 e. The fourth-order valence-electron chi connectivity index (χ4n) is 3.55. The van der Waals surface area contributed by atoms with Crippen LogP contribution < -0.4 is 10.2 Å². The molecule has 0 unspecified atom stereocenters. The van der Waals surface area contributed by atoms with Crippen molar-refractivity contribution in [3.63, 3.8) is 0 Å². The molecule has 154 valence electrons. The van der Waals surface area contributed by atoms with Gasteiger partial charge in [0.05, 0.1) is 6.54 Å². The Balaban J connectivity index is 1.41. The van der Waals surface area contributed by atoms with E-state index < -0.39 is 5.60 Å². The molecule has 2 heterocycles. The van der Waals surface area contributed by atoms with Gasteiger partial charge in [-0.2, -0.15) is 0 Å². The van der Waals surface area contributed by atoms with Gasteiger partial charge in [0.1, 0.15) is 5.60 Å². The van der Waals surface area contributed by atoms with Crippen LogP contribution in [0.25, 0.3) is 0 Å². The molecule has 0 aliphatic carbocycles. The number of anilines is 2. The van der Waals surface area contributed by atoms with Crippen LogP contribution in [0, 0.1) is 0 Å². The lowest BCUT2D eigenvalue weighted by atomic mass is 10.2. The molecule has 0 aromatic heterocycles. The number of amides is 2. The number of benzene rings is 1. The number of rotatable bonds is 4. The molecule has 7 nitrogen and oxygen atoms in total. The van der Waals surface area contributed by atoms with Crippen LogP contribution in [-0.4, -0.2) is 73.2 Å². The molecule has 28 heavy (non-hydrogen) atoms. The van der Waals surface area contributed by atoms with Crippen LogP contribution in [0.5, 0.6) is 0 Å². The Morgan fingerprint density at radius 2 is 1.57 bits per heavy atom. The van der Waals surface area contributed by atoms with Crippen molar-refractivity contribution in [3.05, 3.63) is 24.3 Å². The maximum atomic E-state index is 12.4. The zero-order valence-electron chi connectivity index (χ0n) is 17.2. The van der Waals surface area contributed by atoms with Gasteiger partial charge in [0, 0.05) is 50.6 Å². The summed E-state index contributed by atoms with van der Waals surface area (Å²) in [5, 5.41) is 2.97. The van der Waals surface area contributed by atoms with E-state index in [0.29, 0.717) is 32.7 Å². The molecule has 0 bridgehead atoms. The molecule has 3 rings (SSSR count). The van der Waals surface area contributed by atoms with Gasteiger partial charge in [-0.1, -0.05) is 0 Å². The second kappa shape index (κ2) is 8.82. The molecule has 0 saturated carbocycles. The average Bonchev–Trinajstić information content (AvgIpc) is 3.16. The molecule has 0 spiro atoms. The van der Waals surface area contributed by atoms with Crippen molar-refractivity contribution >= 4 is 23.4 Å². The molecule has 7 heteroatoms. The van der Waals surface area contributed by atoms with Gasteiger partial charge in [0.15, 0.2) is 0 Å². The summed E-state index contributed by atoms with van der Waals surface area (Å²) in [4.78, 5) is 30.6. The Bertz CT molecular complexity index is 670. The number of hydrogen-bond acceptors (Lipinski definition) is 5. The fraction of sp³-hybridized carbons (Fsp3) is 0.619. The van der Waals surface area contributed by atoms with Crippen molar-refractivity contribution in [1.29, 1.82) is 0 Å². The summed E-state index contributed by atoms with van der Waals surface area (Å²) in [6, 6.07) is 8.07. The third kappa shape index (κ3) is 5.86. The van der Waals surface area contributed by atoms with E-state index in [4.69, 9.17) is 4.74 Å². The number of piperazine rings is 1. The molecule has 2 aliphatic rings.